The minimum atomic E-state index is -0.104. The van der Waals surface area contributed by atoms with Gasteiger partial charge in [0.2, 0.25) is 5.91 Å². The number of nitrogens with one attached hydrogen (secondary N) is 1. The van der Waals surface area contributed by atoms with Crippen LogP contribution in [-0.2, 0) is 19.0 Å². The lowest BCUT2D eigenvalue weighted by Gasteiger charge is -2.27. The number of carbonyl (C=O) groups is 1. The van der Waals surface area contributed by atoms with Gasteiger partial charge in [0.05, 0.1) is 32.3 Å². The number of hydrogen-bond acceptors (Lipinski definition) is 5. The predicted octanol–water partition coefficient (Wildman–Crippen LogP) is 0.513. The van der Waals surface area contributed by atoms with Gasteiger partial charge < -0.3 is 24.4 Å². The van der Waals surface area contributed by atoms with E-state index in [2.05, 4.69) is 5.32 Å². The molecule has 1 amide bonds. The summed E-state index contributed by atoms with van der Waals surface area (Å²) in [5.41, 5.74) is 0. The van der Waals surface area contributed by atoms with E-state index in [0.717, 1.165) is 6.54 Å². The van der Waals surface area contributed by atoms with Crippen molar-refractivity contribution in [1.82, 2.24) is 10.2 Å². The maximum Gasteiger partial charge on any atom is 0.229 e. The monoisotopic (exact) mass is 302 g/mol. The van der Waals surface area contributed by atoms with Gasteiger partial charge in [-0.05, 0) is 20.4 Å². The first-order valence-electron chi connectivity index (χ1n) is 7.99. The Bertz CT molecular complexity index is 279. The molecule has 0 bridgehead atoms. The van der Waals surface area contributed by atoms with Crippen molar-refractivity contribution in [3.63, 3.8) is 0 Å². The fourth-order valence-electron chi connectivity index (χ4n) is 2.47. The van der Waals surface area contributed by atoms with Gasteiger partial charge in [0.1, 0.15) is 0 Å². The Labute approximate surface area is 128 Å². The van der Waals surface area contributed by atoms with Gasteiger partial charge in [0, 0.05) is 32.3 Å². The molecule has 1 aliphatic heterocycles. The van der Waals surface area contributed by atoms with E-state index in [1.807, 2.05) is 25.7 Å². The van der Waals surface area contributed by atoms with Crippen molar-refractivity contribution in [3.05, 3.63) is 0 Å². The van der Waals surface area contributed by atoms with Crippen molar-refractivity contribution in [2.24, 2.45) is 5.92 Å². The van der Waals surface area contributed by atoms with Crippen LogP contribution in [0.25, 0.3) is 0 Å². The molecule has 6 nitrogen and oxygen atoms in total. The molecule has 0 aliphatic carbocycles. The predicted molar refractivity (Wildman–Crippen MR) is 81.3 cm³/mol. The second-order valence-electron chi connectivity index (χ2n) is 5.03. The Morgan fingerprint density at radius 1 is 1.14 bits per heavy atom. The lowest BCUT2D eigenvalue weighted by Crippen LogP contribution is -2.47. The van der Waals surface area contributed by atoms with Crippen LogP contribution < -0.4 is 5.32 Å². The van der Waals surface area contributed by atoms with Crippen LogP contribution in [-0.4, -0.2) is 76.1 Å². The van der Waals surface area contributed by atoms with Gasteiger partial charge in [-0.25, -0.2) is 0 Å². The molecule has 1 rings (SSSR count). The molecule has 0 aromatic carbocycles. The Morgan fingerprint density at radius 2 is 1.76 bits per heavy atom. The number of ether oxygens (including phenoxy) is 3. The lowest BCUT2D eigenvalue weighted by atomic mass is 10.0. The van der Waals surface area contributed by atoms with Crippen molar-refractivity contribution in [2.45, 2.75) is 26.8 Å². The van der Waals surface area contributed by atoms with E-state index in [1.54, 1.807) is 0 Å². The summed E-state index contributed by atoms with van der Waals surface area (Å²) in [6, 6.07) is 0.115. The van der Waals surface area contributed by atoms with E-state index >= 15 is 0 Å². The van der Waals surface area contributed by atoms with Gasteiger partial charge in [-0.3, -0.25) is 4.79 Å². The summed E-state index contributed by atoms with van der Waals surface area (Å²) in [6.07, 6.45) is 0. The third-order valence-corrected chi connectivity index (χ3v) is 3.60. The first-order valence-corrected chi connectivity index (χ1v) is 7.99. The van der Waals surface area contributed by atoms with E-state index in [9.17, 15) is 4.79 Å². The maximum atomic E-state index is 12.7. The summed E-state index contributed by atoms with van der Waals surface area (Å²) in [5.74, 6) is 0.0334. The van der Waals surface area contributed by atoms with Crippen LogP contribution in [0.15, 0.2) is 0 Å². The van der Waals surface area contributed by atoms with Gasteiger partial charge in [-0.2, -0.15) is 0 Å². The molecular weight excluding hydrogens is 272 g/mol. The Morgan fingerprint density at radius 3 is 2.29 bits per heavy atom. The summed E-state index contributed by atoms with van der Waals surface area (Å²) >= 11 is 0. The number of amides is 1. The zero-order chi connectivity index (χ0) is 15.5. The van der Waals surface area contributed by atoms with Crippen LogP contribution in [0.4, 0.5) is 0 Å². The standard InChI is InChI=1S/C15H30N2O4/c1-4-16-14-12-21-11-13(14)15(18)17(7-9-19-5-2)8-10-20-6-3/h13-14,16H,4-12H2,1-3H3. The molecule has 6 heteroatoms. The summed E-state index contributed by atoms with van der Waals surface area (Å²) in [7, 11) is 0. The molecule has 2 unspecified atom stereocenters. The van der Waals surface area contributed by atoms with Crippen LogP contribution in [0, 0.1) is 5.92 Å². The maximum absolute atomic E-state index is 12.7. The summed E-state index contributed by atoms with van der Waals surface area (Å²) in [5, 5.41) is 3.33. The summed E-state index contributed by atoms with van der Waals surface area (Å²) in [4.78, 5) is 14.6. The van der Waals surface area contributed by atoms with E-state index in [-0.39, 0.29) is 17.9 Å². The molecule has 0 aromatic heterocycles. The Balaban J connectivity index is 2.54. The minimum absolute atomic E-state index is 0.104. The molecule has 0 spiro atoms. The van der Waals surface area contributed by atoms with E-state index in [4.69, 9.17) is 14.2 Å². The highest BCUT2D eigenvalue weighted by Gasteiger charge is 2.35. The molecule has 1 N–H and O–H groups in total. The molecule has 1 aliphatic rings. The minimum Gasteiger partial charge on any atom is -0.380 e. The number of nitrogens with zero attached hydrogens (tertiary/aromatic N) is 1. The number of likely N-dealkylation sites (N-methyl/N-ethyl adjacent to an activating group) is 1. The molecule has 21 heavy (non-hydrogen) atoms. The second kappa shape index (κ2) is 11.0. The first kappa shape index (κ1) is 18.4. The second-order valence-corrected chi connectivity index (χ2v) is 5.03. The average molecular weight is 302 g/mol. The normalized spacial score (nSPS) is 21.7. The summed E-state index contributed by atoms with van der Waals surface area (Å²) in [6.45, 7) is 11.6. The van der Waals surface area contributed by atoms with Gasteiger partial charge in [0.15, 0.2) is 0 Å². The van der Waals surface area contributed by atoms with Crippen molar-refractivity contribution in [2.75, 3.05) is 59.3 Å². The fourth-order valence-corrected chi connectivity index (χ4v) is 2.47. The van der Waals surface area contributed by atoms with E-state index < -0.39 is 0 Å². The van der Waals surface area contributed by atoms with Gasteiger partial charge in [0.25, 0.3) is 0 Å². The third kappa shape index (κ3) is 6.30. The topological polar surface area (TPSA) is 60.0 Å². The van der Waals surface area contributed by atoms with Crippen LogP contribution in [0.1, 0.15) is 20.8 Å². The molecule has 124 valence electrons. The third-order valence-electron chi connectivity index (χ3n) is 3.60. The van der Waals surface area contributed by atoms with Gasteiger partial charge in [-0.15, -0.1) is 0 Å². The zero-order valence-corrected chi connectivity index (χ0v) is 13.6. The van der Waals surface area contributed by atoms with Crippen molar-refractivity contribution in [3.8, 4) is 0 Å². The van der Waals surface area contributed by atoms with Crippen molar-refractivity contribution in [1.29, 1.82) is 0 Å². The molecular formula is C15H30N2O4. The highest BCUT2D eigenvalue weighted by Crippen LogP contribution is 2.17. The van der Waals surface area contributed by atoms with Crippen LogP contribution in [0.2, 0.25) is 0 Å². The molecule has 0 radical (unpaired) electrons. The molecule has 0 saturated carbocycles. The van der Waals surface area contributed by atoms with Crippen molar-refractivity contribution < 1.29 is 19.0 Å². The van der Waals surface area contributed by atoms with Crippen molar-refractivity contribution >= 4 is 5.91 Å². The molecule has 1 fully saturated rings. The van der Waals surface area contributed by atoms with E-state index in [0.29, 0.717) is 52.7 Å². The number of carbonyl (C=O) groups excluding carboxylic acids is 1. The molecule has 1 heterocycles. The number of rotatable bonds is 11. The average Bonchev–Trinajstić information content (AvgIpc) is 2.94. The largest absolute Gasteiger partial charge is 0.380 e. The molecule has 0 aromatic rings. The highest BCUT2D eigenvalue weighted by molar-refractivity contribution is 5.80. The van der Waals surface area contributed by atoms with Crippen LogP contribution in [0.3, 0.4) is 0 Å². The Hall–Kier alpha value is -0.690. The fraction of sp³-hybridized carbons (Fsp3) is 0.933. The smallest absolute Gasteiger partial charge is 0.229 e. The van der Waals surface area contributed by atoms with Crippen LogP contribution >= 0.6 is 0 Å². The van der Waals surface area contributed by atoms with E-state index in [1.165, 1.54) is 0 Å². The highest BCUT2D eigenvalue weighted by atomic mass is 16.5. The molecule has 2 atom stereocenters. The quantitative estimate of drug-likeness (QED) is 0.564. The Kier molecular flexibility index (Phi) is 9.58. The van der Waals surface area contributed by atoms with Crippen LogP contribution in [0.5, 0.6) is 0 Å². The van der Waals surface area contributed by atoms with Gasteiger partial charge >= 0.3 is 0 Å². The SMILES string of the molecule is CCNC1COCC1C(=O)N(CCOCC)CCOCC. The zero-order valence-electron chi connectivity index (χ0n) is 13.6. The van der Waals surface area contributed by atoms with Gasteiger partial charge in [-0.1, -0.05) is 6.92 Å². The molecule has 1 saturated heterocycles. The number of hydrogen-bond donors (Lipinski definition) is 1. The lowest BCUT2D eigenvalue weighted by molar-refractivity contribution is -0.137. The first-order chi connectivity index (χ1) is 10.2. The summed E-state index contributed by atoms with van der Waals surface area (Å²) < 4.78 is 16.2.